The summed E-state index contributed by atoms with van der Waals surface area (Å²) in [6.07, 6.45) is 3.70. The van der Waals surface area contributed by atoms with E-state index in [4.69, 9.17) is 11.6 Å². The predicted molar refractivity (Wildman–Crippen MR) is 143 cm³/mol. The number of fused-ring (bicyclic) bond motifs is 1. The van der Waals surface area contributed by atoms with E-state index < -0.39 is 0 Å². The van der Waals surface area contributed by atoms with Gasteiger partial charge in [-0.1, -0.05) is 48.0 Å². The van der Waals surface area contributed by atoms with Crippen LogP contribution >= 0.6 is 46.0 Å². The number of carbonyl (C=O) groups excluding carboxylic acids is 2. The lowest BCUT2D eigenvalue weighted by Crippen LogP contribution is -2.27. The summed E-state index contributed by atoms with van der Waals surface area (Å²) in [5.41, 5.74) is 3.46. The van der Waals surface area contributed by atoms with E-state index in [1.165, 1.54) is 17.0 Å². The number of hydrogen-bond acceptors (Lipinski definition) is 3. The number of hydrogen-bond donors (Lipinski definition) is 0. The zero-order chi connectivity index (χ0) is 23.8. The van der Waals surface area contributed by atoms with Crippen LogP contribution in [0.2, 0.25) is 5.02 Å². The van der Waals surface area contributed by atoms with Crippen LogP contribution in [-0.4, -0.2) is 20.6 Å². The maximum absolute atomic E-state index is 13.5. The van der Waals surface area contributed by atoms with Crippen molar-refractivity contribution in [1.29, 1.82) is 0 Å². The number of carbonyl (C=O) groups is 2. The molecule has 1 aromatic heterocycles. The zero-order valence-electron chi connectivity index (χ0n) is 17.7. The molecule has 0 unspecified atom stereocenters. The summed E-state index contributed by atoms with van der Waals surface area (Å²) in [5.74, 6) is -0.681. The van der Waals surface area contributed by atoms with Gasteiger partial charge in [0.1, 0.15) is 5.82 Å². The van der Waals surface area contributed by atoms with Crippen LogP contribution in [0, 0.1) is 9.39 Å². The molecule has 0 spiro atoms. The Labute approximate surface area is 218 Å². The number of imide groups is 1. The first kappa shape index (κ1) is 23.1. The average molecular weight is 603 g/mol. The topological polar surface area (TPSA) is 42.3 Å². The Kier molecular flexibility index (Phi) is 6.50. The molecule has 1 aliphatic heterocycles. The number of amides is 2. The molecule has 34 heavy (non-hydrogen) atoms. The average Bonchev–Trinajstić information content (AvgIpc) is 3.29. The van der Waals surface area contributed by atoms with Crippen LogP contribution in [0.3, 0.4) is 0 Å². The molecule has 8 heteroatoms. The Bertz CT molecular complexity index is 1470. The van der Waals surface area contributed by atoms with E-state index in [1.807, 2.05) is 59.3 Å². The molecule has 2 amide bonds. The standard InChI is InChI=1S/C26H17ClFIN2O2S/c27-22-12-19(28)8-7-17(22)14-30-15-18(21-3-1-2-4-23(21)30)11-24-25(32)31(26(33)34-24)13-16-5-9-20(29)10-6-16/h1-12,15H,13-14H2/b24-11-. The minimum Gasteiger partial charge on any atom is -0.342 e. The fraction of sp³-hybridized carbons (Fsp3) is 0.0769. The van der Waals surface area contributed by atoms with E-state index >= 15 is 0 Å². The monoisotopic (exact) mass is 602 g/mol. The summed E-state index contributed by atoms with van der Waals surface area (Å²) in [6, 6.07) is 19.9. The van der Waals surface area contributed by atoms with Crippen molar-refractivity contribution < 1.29 is 14.0 Å². The molecule has 0 saturated carbocycles. The van der Waals surface area contributed by atoms with E-state index in [0.29, 0.717) is 16.5 Å². The highest BCUT2D eigenvalue weighted by Crippen LogP contribution is 2.35. The maximum Gasteiger partial charge on any atom is 0.293 e. The summed E-state index contributed by atoms with van der Waals surface area (Å²) in [5, 5.41) is 1.03. The Morgan fingerprint density at radius 2 is 1.76 bits per heavy atom. The van der Waals surface area contributed by atoms with Crippen LogP contribution in [-0.2, 0) is 17.9 Å². The largest absolute Gasteiger partial charge is 0.342 e. The summed E-state index contributed by atoms with van der Waals surface area (Å²) in [6.45, 7) is 0.686. The van der Waals surface area contributed by atoms with Crippen molar-refractivity contribution in [3.05, 3.63) is 109 Å². The SMILES string of the molecule is O=C1S/C(=C\c2cn(Cc3ccc(F)cc3Cl)c3ccccc23)C(=O)N1Cc1ccc(I)cc1. The number of rotatable bonds is 5. The second-order valence-electron chi connectivity index (χ2n) is 7.86. The fourth-order valence-electron chi connectivity index (χ4n) is 3.90. The van der Waals surface area contributed by atoms with Crippen LogP contribution in [0.1, 0.15) is 16.7 Å². The van der Waals surface area contributed by atoms with Gasteiger partial charge in [0.2, 0.25) is 0 Å². The van der Waals surface area contributed by atoms with Crippen LogP contribution in [0.15, 0.2) is 77.8 Å². The number of thioether (sulfide) groups is 1. The van der Waals surface area contributed by atoms with Crippen molar-refractivity contribution in [2.75, 3.05) is 0 Å². The van der Waals surface area contributed by atoms with Gasteiger partial charge in [-0.05, 0) is 81.9 Å². The summed E-state index contributed by atoms with van der Waals surface area (Å²) in [4.78, 5) is 27.3. The quantitative estimate of drug-likeness (QED) is 0.178. The molecule has 1 fully saturated rings. The van der Waals surface area contributed by atoms with E-state index in [0.717, 1.165) is 42.9 Å². The summed E-state index contributed by atoms with van der Waals surface area (Å²) in [7, 11) is 0. The first-order chi connectivity index (χ1) is 16.4. The Morgan fingerprint density at radius 3 is 2.53 bits per heavy atom. The highest BCUT2D eigenvalue weighted by Gasteiger charge is 2.35. The number of benzene rings is 3. The third kappa shape index (κ3) is 4.64. The van der Waals surface area contributed by atoms with Gasteiger partial charge in [-0.2, -0.15) is 0 Å². The van der Waals surface area contributed by atoms with Crippen LogP contribution < -0.4 is 0 Å². The molecule has 1 aliphatic rings. The van der Waals surface area contributed by atoms with Crippen LogP contribution in [0.25, 0.3) is 17.0 Å². The molecule has 2 heterocycles. The molecule has 0 atom stereocenters. The van der Waals surface area contributed by atoms with Gasteiger partial charge in [-0.25, -0.2) is 4.39 Å². The Balaban J connectivity index is 1.46. The van der Waals surface area contributed by atoms with Crippen LogP contribution in [0.4, 0.5) is 9.18 Å². The number of aromatic nitrogens is 1. The maximum atomic E-state index is 13.5. The molecule has 4 aromatic rings. The summed E-state index contributed by atoms with van der Waals surface area (Å²) < 4.78 is 16.6. The van der Waals surface area contributed by atoms with Gasteiger partial charge in [0.05, 0.1) is 11.4 Å². The first-order valence-corrected chi connectivity index (χ1v) is 12.7. The van der Waals surface area contributed by atoms with Crippen molar-refractivity contribution in [3.63, 3.8) is 0 Å². The molecule has 3 aromatic carbocycles. The smallest absolute Gasteiger partial charge is 0.293 e. The Hall–Kier alpha value is -2.62. The third-order valence-electron chi connectivity index (χ3n) is 5.59. The van der Waals surface area contributed by atoms with Gasteiger partial charge in [0, 0.05) is 37.8 Å². The third-order valence-corrected chi connectivity index (χ3v) is 7.57. The zero-order valence-corrected chi connectivity index (χ0v) is 21.4. The van der Waals surface area contributed by atoms with Gasteiger partial charge in [-0.3, -0.25) is 14.5 Å². The molecule has 170 valence electrons. The lowest BCUT2D eigenvalue weighted by atomic mass is 10.1. The van der Waals surface area contributed by atoms with Crippen molar-refractivity contribution in [2.24, 2.45) is 0 Å². The molecule has 0 radical (unpaired) electrons. The van der Waals surface area contributed by atoms with Crippen molar-refractivity contribution in [2.45, 2.75) is 13.1 Å². The summed E-state index contributed by atoms with van der Waals surface area (Å²) >= 11 is 9.41. The van der Waals surface area contributed by atoms with Crippen molar-refractivity contribution in [1.82, 2.24) is 9.47 Å². The first-order valence-electron chi connectivity index (χ1n) is 10.4. The molecule has 5 rings (SSSR count). The molecular formula is C26H17ClFIN2O2S. The second kappa shape index (κ2) is 9.56. The van der Waals surface area contributed by atoms with Crippen molar-refractivity contribution >= 4 is 74.1 Å². The van der Waals surface area contributed by atoms with Gasteiger partial charge in [0.15, 0.2) is 0 Å². The fourth-order valence-corrected chi connectivity index (χ4v) is 5.32. The van der Waals surface area contributed by atoms with E-state index in [2.05, 4.69) is 22.6 Å². The second-order valence-corrected chi connectivity index (χ2v) is 10.5. The highest BCUT2D eigenvalue weighted by molar-refractivity contribution is 14.1. The predicted octanol–water partition coefficient (Wildman–Crippen LogP) is 7.32. The number of nitrogens with zero attached hydrogens (tertiary/aromatic N) is 2. The van der Waals surface area contributed by atoms with Crippen LogP contribution in [0.5, 0.6) is 0 Å². The molecule has 0 N–H and O–H groups in total. The van der Waals surface area contributed by atoms with Gasteiger partial charge in [-0.15, -0.1) is 0 Å². The van der Waals surface area contributed by atoms with Crippen molar-refractivity contribution in [3.8, 4) is 0 Å². The Morgan fingerprint density at radius 1 is 1.00 bits per heavy atom. The van der Waals surface area contributed by atoms with Gasteiger partial charge in [0.25, 0.3) is 11.1 Å². The molecular weight excluding hydrogens is 586 g/mol. The molecule has 1 saturated heterocycles. The minimum absolute atomic E-state index is 0.240. The lowest BCUT2D eigenvalue weighted by Gasteiger charge is -2.12. The van der Waals surface area contributed by atoms with E-state index in [-0.39, 0.29) is 23.5 Å². The van der Waals surface area contributed by atoms with Gasteiger partial charge < -0.3 is 4.57 Å². The minimum atomic E-state index is -0.382. The highest BCUT2D eigenvalue weighted by atomic mass is 127. The van der Waals surface area contributed by atoms with E-state index in [9.17, 15) is 14.0 Å². The van der Waals surface area contributed by atoms with Gasteiger partial charge >= 0.3 is 0 Å². The molecule has 4 nitrogen and oxygen atoms in total. The molecule has 0 aliphatic carbocycles. The normalized spacial score (nSPS) is 15.1. The van der Waals surface area contributed by atoms with E-state index in [1.54, 1.807) is 12.1 Å². The number of para-hydroxylation sites is 1. The number of halogens is 3. The molecule has 0 bridgehead atoms. The lowest BCUT2D eigenvalue weighted by molar-refractivity contribution is -0.123.